The number of esters is 3. The molecule has 0 aliphatic carbocycles. The Bertz CT molecular complexity index is 423. The van der Waals surface area contributed by atoms with Crippen molar-refractivity contribution in [1.82, 2.24) is 0 Å². The Morgan fingerprint density at radius 3 is 1.85 bits per heavy atom. The summed E-state index contributed by atoms with van der Waals surface area (Å²) in [6.07, 6.45) is 5.54. The fourth-order valence-electron chi connectivity index (χ4n) is 2.41. The maximum Gasteiger partial charge on any atom is 0.310 e. The molecular formula is C20H36O7. The summed E-state index contributed by atoms with van der Waals surface area (Å²) < 4.78 is 15.5. The lowest BCUT2D eigenvalue weighted by atomic mass is 9.91. The molecule has 1 N–H and O–H groups in total. The molecule has 0 aromatic rings. The van der Waals surface area contributed by atoms with Gasteiger partial charge in [-0.3, -0.25) is 14.4 Å². The predicted molar refractivity (Wildman–Crippen MR) is 101 cm³/mol. The van der Waals surface area contributed by atoms with E-state index in [1.807, 2.05) is 6.92 Å². The highest BCUT2D eigenvalue weighted by Crippen LogP contribution is 2.21. The molecule has 27 heavy (non-hydrogen) atoms. The molecule has 0 saturated carbocycles. The molecule has 0 aliphatic heterocycles. The van der Waals surface area contributed by atoms with Crippen molar-refractivity contribution in [2.24, 2.45) is 11.8 Å². The van der Waals surface area contributed by atoms with Crippen LogP contribution in [-0.2, 0) is 28.6 Å². The monoisotopic (exact) mass is 388 g/mol. The molecule has 0 fully saturated rings. The number of aliphatic hydroxyl groups excluding tert-OH is 1. The second-order valence-electron chi connectivity index (χ2n) is 6.65. The van der Waals surface area contributed by atoms with Crippen molar-refractivity contribution in [2.75, 3.05) is 26.4 Å². The smallest absolute Gasteiger partial charge is 0.310 e. The van der Waals surface area contributed by atoms with Gasteiger partial charge in [0.2, 0.25) is 0 Å². The summed E-state index contributed by atoms with van der Waals surface area (Å²) >= 11 is 0. The third-order valence-corrected chi connectivity index (χ3v) is 4.21. The fraction of sp³-hybridized carbons (Fsp3) is 0.850. The Morgan fingerprint density at radius 1 is 0.778 bits per heavy atom. The maximum absolute atomic E-state index is 12.3. The Labute approximate surface area is 162 Å². The van der Waals surface area contributed by atoms with Gasteiger partial charge in [0.05, 0.1) is 38.1 Å². The molecule has 0 amide bonds. The SMILES string of the molecule is CCCCCOC(=O)CC(C(=O)OCCCO)C(C)C(=O)OCCCCC. The van der Waals surface area contributed by atoms with E-state index in [0.29, 0.717) is 19.6 Å². The largest absolute Gasteiger partial charge is 0.466 e. The topological polar surface area (TPSA) is 99.1 Å². The summed E-state index contributed by atoms with van der Waals surface area (Å²) in [5.74, 6) is -3.46. The zero-order chi connectivity index (χ0) is 20.5. The van der Waals surface area contributed by atoms with E-state index in [-0.39, 0.29) is 19.6 Å². The summed E-state index contributed by atoms with van der Waals surface area (Å²) in [5.41, 5.74) is 0. The summed E-state index contributed by atoms with van der Waals surface area (Å²) in [6.45, 7) is 6.19. The van der Waals surface area contributed by atoms with Crippen molar-refractivity contribution in [2.45, 2.75) is 72.1 Å². The van der Waals surface area contributed by atoms with E-state index >= 15 is 0 Å². The third-order valence-electron chi connectivity index (χ3n) is 4.21. The van der Waals surface area contributed by atoms with E-state index in [1.54, 1.807) is 6.92 Å². The summed E-state index contributed by atoms with van der Waals surface area (Å²) in [7, 11) is 0. The lowest BCUT2D eigenvalue weighted by Crippen LogP contribution is -2.33. The maximum atomic E-state index is 12.3. The Hall–Kier alpha value is -1.63. The minimum Gasteiger partial charge on any atom is -0.466 e. The normalized spacial score (nSPS) is 12.9. The number of ether oxygens (including phenoxy) is 3. The van der Waals surface area contributed by atoms with Crippen molar-refractivity contribution in [3.05, 3.63) is 0 Å². The second kappa shape index (κ2) is 16.5. The minimum atomic E-state index is -0.957. The van der Waals surface area contributed by atoms with Crippen molar-refractivity contribution in [3.63, 3.8) is 0 Å². The predicted octanol–water partition coefficient (Wildman–Crippen LogP) is 3.02. The van der Waals surface area contributed by atoms with Crippen molar-refractivity contribution < 1.29 is 33.7 Å². The molecule has 7 nitrogen and oxygen atoms in total. The molecule has 0 heterocycles. The molecule has 0 aliphatic rings. The lowest BCUT2D eigenvalue weighted by Gasteiger charge is -2.21. The van der Waals surface area contributed by atoms with Gasteiger partial charge in [-0.15, -0.1) is 0 Å². The number of aliphatic hydroxyl groups is 1. The van der Waals surface area contributed by atoms with Crippen LogP contribution in [-0.4, -0.2) is 49.4 Å². The Morgan fingerprint density at radius 2 is 1.30 bits per heavy atom. The van der Waals surface area contributed by atoms with Gasteiger partial charge in [0.1, 0.15) is 0 Å². The van der Waals surface area contributed by atoms with Crippen LogP contribution in [0.25, 0.3) is 0 Å². The molecule has 7 heteroatoms. The number of hydrogen-bond acceptors (Lipinski definition) is 7. The summed E-state index contributed by atoms with van der Waals surface area (Å²) in [4.78, 5) is 36.6. The van der Waals surface area contributed by atoms with Crippen LogP contribution in [0.2, 0.25) is 0 Å². The fourth-order valence-corrected chi connectivity index (χ4v) is 2.41. The van der Waals surface area contributed by atoms with Gasteiger partial charge < -0.3 is 19.3 Å². The zero-order valence-corrected chi connectivity index (χ0v) is 17.0. The van der Waals surface area contributed by atoms with Crippen LogP contribution in [0.1, 0.15) is 72.1 Å². The number of carbonyl (C=O) groups is 3. The van der Waals surface area contributed by atoms with E-state index in [1.165, 1.54) is 0 Å². The molecule has 0 saturated heterocycles. The van der Waals surface area contributed by atoms with Gasteiger partial charge in [-0.1, -0.05) is 46.5 Å². The highest BCUT2D eigenvalue weighted by Gasteiger charge is 2.35. The van der Waals surface area contributed by atoms with Gasteiger partial charge in [0, 0.05) is 13.0 Å². The third kappa shape index (κ3) is 12.4. The van der Waals surface area contributed by atoms with Crippen LogP contribution in [0.3, 0.4) is 0 Å². The van der Waals surface area contributed by atoms with Crippen molar-refractivity contribution in [1.29, 1.82) is 0 Å². The van der Waals surface area contributed by atoms with E-state index in [0.717, 1.165) is 38.5 Å². The second-order valence-corrected chi connectivity index (χ2v) is 6.65. The lowest BCUT2D eigenvalue weighted by molar-refractivity contribution is -0.164. The van der Waals surface area contributed by atoms with Crippen molar-refractivity contribution in [3.8, 4) is 0 Å². The molecule has 0 rings (SSSR count). The highest BCUT2D eigenvalue weighted by atomic mass is 16.5. The van der Waals surface area contributed by atoms with Crippen LogP contribution in [0.4, 0.5) is 0 Å². The first-order valence-electron chi connectivity index (χ1n) is 10.1. The molecule has 0 aromatic carbocycles. The van der Waals surface area contributed by atoms with Gasteiger partial charge in [-0.2, -0.15) is 0 Å². The van der Waals surface area contributed by atoms with E-state index < -0.39 is 29.7 Å². The molecule has 0 spiro atoms. The van der Waals surface area contributed by atoms with Gasteiger partial charge in [0.15, 0.2) is 0 Å². The van der Waals surface area contributed by atoms with Gasteiger partial charge in [-0.25, -0.2) is 0 Å². The standard InChI is InChI=1S/C20H36O7/c1-4-6-8-12-25-18(22)15-17(20(24)27-14-10-11-21)16(3)19(23)26-13-9-7-5-2/h16-17,21H,4-15H2,1-3H3. The molecule has 0 aromatic heterocycles. The average molecular weight is 389 g/mol. The number of unbranched alkanes of at least 4 members (excludes halogenated alkanes) is 4. The molecular weight excluding hydrogens is 352 g/mol. The van der Waals surface area contributed by atoms with Crippen LogP contribution in [0.15, 0.2) is 0 Å². The van der Waals surface area contributed by atoms with Crippen LogP contribution in [0.5, 0.6) is 0 Å². The number of hydrogen-bond donors (Lipinski definition) is 1. The quantitative estimate of drug-likeness (QED) is 0.246. The molecule has 2 atom stereocenters. The minimum absolute atomic E-state index is 0.0373. The Balaban J connectivity index is 4.72. The highest BCUT2D eigenvalue weighted by molar-refractivity contribution is 5.85. The molecule has 0 radical (unpaired) electrons. The van der Waals surface area contributed by atoms with Gasteiger partial charge >= 0.3 is 17.9 Å². The molecule has 2 unspecified atom stereocenters. The average Bonchev–Trinajstić information content (AvgIpc) is 2.66. The summed E-state index contributed by atoms with van der Waals surface area (Å²) in [5, 5.41) is 8.80. The molecule has 158 valence electrons. The number of carbonyl (C=O) groups excluding carboxylic acids is 3. The van der Waals surface area contributed by atoms with Crippen LogP contribution < -0.4 is 0 Å². The van der Waals surface area contributed by atoms with Gasteiger partial charge in [0.25, 0.3) is 0 Å². The molecule has 0 bridgehead atoms. The van der Waals surface area contributed by atoms with Crippen LogP contribution >= 0.6 is 0 Å². The van der Waals surface area contributed by atoms with E-state index in [4.69, 9.17) is 19.3 Å². The van der Waals surface area contributed by atoms with E-state index in [9.17, 15) is 14.4 Å². The van der Waals surface area contributed by atoms with Crippen LogP contribution in [0, 0.1) is 11.8 Å². The first-order valence-corrected chi connectivity index (χ1v) is 10.1. The van der Waals surface area contributed by atoms with Gasteiger partial charge in [-0.05, 0) is 12.8 Å². The van der Waals surface area contributed by atoms with Crippen molar-refractivity contribution >= 4 is 17.9 Å². The summed E-state index contributed by atoms with van der Waals surface area (Å²) in [6, 6.07) is 0. The van der Waals surface area contributed by atoms with E-state index in [2.05, 4.69) is 6.92 Å². The number of rotatable bonds is 16. The first kappa shape index (κ1) is 25.4. The first-order chi connectivity index (χ1) is 13.0. The Kier molecular flexibility index (Phi) is 15.5. The zero-order valence-electron chi connectivity index (χ0n) is 17.0.